The minimum Gasteiger partial charge on any atom is -0.481 e. The van der Waals surface area contributed by atoms with Crippen LogP contribution in [-0.4, -0.2) is 79.9 Å². The van der Waals surface area contributed by atoms with Crippen LogP contribution in [-0.2, 0) is 24.2 Å². The third-order valence-corrected chi connectivity index (χ3v) is 6.69. The lowest BCUT2D eigenvalue weighted by atomic mass is 9.95. The first-order chi connectivity index (χ1) is 16.0. The van der Waals surface area contributed by atoms with Crippen LogP contribution in [0.15, 0.2) is 35.1 Å². The Kier molecular flexibility index (Phi) is 7.75. The molecule has 8 nitrogen and oxygen atoms in total. The summed E-state index contributed by atoms with van der Waals surface area (Å²) in [4.78, 5) is 20.5. The van der Waals surface area contributed by atoms with Crippen molar-refractivity contribution in [2.45, 2.75) is 32.7 Å². The molecule has 33 heavy (non-hydrogen) atoms. The molecule has 0 amide bonds. The average Bonchev–Trinajstić information content (AvgIpc) is 3.21. The van der Waals surface area contributed by atoms with Crippen LogP contribution < -0.4 is 0 Å². The number of hydrogen-bond donors (Lipinski definition) is 2. The lowest BCUT2D eigenvalue weighted by molar-refractivity contribution is -0.136. The highest BCUT2D eigenvalue weighted by molar-refractivity contribution is 9.10. The fourth-order valence-electron chi connectivity index (χ4n) is 4.55. The average molecular weight is 516 g/mol. The minimum absolute atomic E-state index is 0.0465. The smallest absolute Gasteiger partial charge is 0.303 e. The molecule has 1 aliphatic heterocycles. The van der Waals surface area contributed by atoms with E-state index in [1.54, 1.807) is 6.20 Å². The molecule has 4 rings (SSSR count). The Morgan fingerprint density at radius 1 is 1.15 bits per heavy atom. The molecule has 1 fully saturated rings. The normalized spacial score (nSPS) is 15.4. The van der Waals surface area contributed by atoms with Gasteiger partial charge in [0.1, 0.15) is 0 Å². The molecule has 1 saturated heterocycles. The van der Waals surface area contributed by atoms with E-state index in [4.69, 9.17) is 5.10 Å². The van der Waals surface area contributed by atoms with Crippen LogP contribution in [0.4, 0.5) is 0 Å². The van der Waals surface area contributed by atoms with Crippen molar-refractivity contribution in [1.82, 2.24) is 24.4 Å². The second kappa shape index (κ2) is 10.7. The zero-order valence-electron chi connectivity index (χ0n) is 18.9. The topological polar surface area (TPSA) is 94.2 Å². The highest BCUT2D eigenvalue weighted by Gasteiger charge is 2.23. The van der Waals surface area contributed by atoms with Crippen LogP contribution in [0.2, 0.25) is 0 Å². The second-order valence-corrected chi connectivity index (χ2v) is 9.32. The van der Waals surface area contributed by atoms with Crippen LogP contribution in [0.3, 0.4) is 0 Å². The quantitative estimate of drug-likeness (QED) is 0.452. The third-order valence-electron chi connectivity index (χ3n) is 6.26. The van der Waals surface area contributed by atoms with Gasteiger partial charge in [-0.15, -0.1) is 0 Å². The number of nitrogens with zero attached hydrogens (tertiary/aromatic N) is 5. The van der Waals surface area contributed by atoms with E-state index in [0.29, 0.717) is 19.5 Å². The lowest BCUT2D eigenvalue weighted by Gasteiger charge is -2.34. The van der Waals surface area contributed by atoms with Crippen molar-refractivity contribution < 1.29 is 15.0 Å². The molecule has 3 aromatic rings. The fraction of sp³-hybridized carbons (Fsp3) is 0.458. The maximum Gasteiger partial charge on any atom is 0.303 e. The zero-order valence-corrected chi connectivity index (χ0v) is 20.5. The van der Waals surface area contributed by atoms with E-state index in [-0.39, 0.29) is 13.0 Å². The van der Waals surface area contributed by atoms with E-state index in [2.05, 4.69) is 49.8 Å². The maximum absolute atomic E-state index is 11.5. The zero-order chi connectivity index (χ0) is 23.4. The van der Waals surface area contributed by atoms with Crippen molar-refractivity contribution in [3.8, 4) is 11.1 Å². The number of rotatable bonds is 9. The third kappa shape index (κ3) is 5.43. The lowest BCUT2D eigenvalue weighted by Crippen LogP contribution is -2.46. The van der Waals surface area contributed by atoms with Crippen LogP contribution >= 0.6 is 15.9 Å². The Hall–Kier alpha value is -2.33. The van der Waals surface area contributed by atoms with Gasteiger partial charge in [0, 0.05) is 79.4 Å². The number of halogens is 1. The molecule has 0 unspecified atom stereocenters. The fourth-order valence-corrected chi connectivity index (χ4v) is 4.91. The van der Waals surface area contributed by atoms with Gasteiger partial charge in [-0.1, -0.05) is 6.92 Å². The Bertz CT molecular complexity index is 1120. The monoisotopic (exact) mass is 515 g/mol. The van der Waals surface area contributed by atoms with Gasteiger partial charge >= 0.3 is 5.97 Å². The molecule has 0 saturated carbocycles. The number of piperazine rings is 1. The number of aryl methyl sites for hydroxylation is 1. The molecule has 0 spiro atoms. The number of aliphatic hydroxyl groups excluding tert-OH is 1. The Labute approximate surface area is 202 Å². The number of aliphatic hydroxyl groups is 1. The summed E-state index contributed by atoms with van der Waals surface area (Å²) < 4.78 is 2.89. The molecule has 0 radical (unpaired) electrons. The second-order valence-electron chi connectivity index (χ2n) is 8.40. The molecule has 0 aliphatic carbocycles. The largest absolute Gasteiger partial charge is 0.481 e. The van der Waals surface area contributed by atoms with Crippen molar-refractivity contribution in [2.24, 2.45) is 0 Å². The van der Waals surface area contributed by atoms with Gasteiger partial charge in [0.25, 0.3) is 0 Å². The molecule has 3 aromatic heterocycles. The summed E-state index contributed by atoms with van der Waals surface area (Å²) in [5.41, 5.74) is 5.95. The van der Waals surface area contributed by atoms with Gasteiger partial charge < -0.3 is 10.2 Å². The van der Waals surface area contributed by atoms with Crippen molar-refractivity contribution >= 4 is 27.4 Å². The summed E-state index contributed by atoms with van der Waals surface area (Å²) >= 11 is 3.54. The van der Waals surface area contributed by atoms with Crippen LogP contribution in [0.1, 0.15) is 30.3 Å². The number of hydrogen-bond acceptors (Lipinski definition) is 6. The SMILES string of the molecule is CCc1ccc2c(-c3cncc(Br)c3)c(CCC(=O)O)c(CN3CCN(CCO)CC3)nn12. The van der Waals surface area contributed by atoms with E-state index in [0.717, 1.165) is 70.7 Å². The molecular formula is C24H30BrN5O3. The van der Waals surface area contributed by atoms with E-state index in [1.807, 2.05) is 16.8 Å². The van der Waals surface area contributed by atoms with Gasteiger partial charge in [-0.3, -0.25) is 19.6 Å². The first-order valence-electron chi connectivity index (χ1n) is 11.4. The summed E-state index contributed by atoms with van der Waals surface area (Å²) in [7, 11) is 0. The maximum atomic E-state index is 11.5. The molecule has 0 bridgehead atoms. The number of aliphatic carboxylic acids is 1. The van der Waals surface area contributed by atoms with E-state index >= 15 is 0 Å². The van der Waals surface area contributed by atoms with Gasteiger partial charge in [0.2, 0.25) is 0 Å². The number of fused-ring (bicyclic) bond motifs is 1. The molecule has 0 atom stereocenters. The summed E-state index contributed by atoms with van der Waals surface area (Å²) in [6, 6.07) is 6.20. The highest BCUT2D eigenvalue weighted by atomic mass is 79.9. The summed E-state index contributed by atoms with van der Waals surface area (Å²) in [5.74, 6) is -0.818. The first kappa shape index (κ1) is 23.8. The molecule has 9 heteroatoms. The molecule has 0 aromatic carbocycles. The number of β-amino-alcohol motifs (C(OH)–C–C–N with tert-alkyl or cyclic N) is 1. The highest BCUT2D eigenvalue weighted by Crippen LogP contribution is 2.34. The minimum atomic E-state index is -0.818. The van der Waals surface area contributed by atoms with Crippen molar-refractivity contribution in [3.63, 3.8) is 0 Å². The summed E-state index contributed by atoms with van der Waals surface area (Å²) in [6.45, 7) is 7.23. The summed E-state index contributed by atoms with van der Waals surface area (Å²) in [6.07, 6.45) is 4.89. The van der Waals surface area contributed by atoms with Crippen molar-refractivity contribution in [3.05, 3.63) is 52.0 Å². The van der Waals surface area contributed by atoms with Crippen LogP contribution in [0.25, 0.3) is 16.6 Å². The van der Waals surface area contributed by atoms with Crippen LogP contribution in [0.5, 0.6) is 0 Å². The van der Waals surface area contributed by atoms with E-state index < -0.39 is 5.97 Å². The summed E-state index contributed by atoms with van der Waals surface area (Å²) in [5, 5.41) is 23.7. The van der Waals surface area contributed by atoms with Gasteiger partial charge in [-0.25, -0.2) is 4.52 Å². The Morgan fingerprint density at radius 3 is 2.58 bits per heavy atom. The number of carboxylic acid groups (broad SMARTS) is 1. The predicted octanol–water partition coefficient (Wildman–Crippen LogP) is 2.85. The number of aromatic nitrogens is 3. The Morgan fingerprint density at radius 2 is 1.91 bits per heavy atom. The Balaban J connectivity index is 1.80. The van der Waals surface area contributed by atoms with Gasteiger partial charge in [-0.05, 0) is 52.5 Å². The molecule has 176 valence electrons. The van der Waals surface area contributed by atoms with Crippen LogP contribution in [0, 0.1) is 0 Å². The first-order valence-corrected chi connectivity index (χ1v) is 12.2. The van der Waals surface area contributed by atoms with Gasteiger partial charge in [0.05, 0.1) is 17.8 Å². The molecule has 4 heterocycles. The molecule has 2 N–H and O–H groups in total. The van der Waals surface area contributed by atoms with Crippen molar-refractivity contribution in [1.29, 1.82) is 0 Å². The van der Waals surface area contributed by atoms with E-state index in [1.165, 1.54) is 0 Å². The number of carboxylic acids is 1. The predicted molar refractivity (Wildman–Crippen MR) is 130 cm³/mol. The van der Waals surface area contributed by atoms with Gasteiger partial charge in [-0.2, -0.15) is 5.10 Å². The van der Waals surface area contributed by atoms with E-state index in [9.17, 15) is 15.0 Å². The van der Waals surface area contributed by atoms with Gasteiger partial charge in [0.15, 0.2) is 0 Å². The number of pyridine rings is 1. The van der Waals surface area contributed by atoms with Crippen molar-refractivity contribution in [2.75, 3.05) is 39.3 Å². The standard InChI is InChI=1S/C24H30BrN5O3/c1-2-19-3-5-22-24(17-13-18(25)15-26-14-17)20(4-6-23(32)33)21(27-30(19)22)16-29-9-7-28(8-10-29)11-12-31/h3,5,13-15,31H,2,4,6-12,16H2,1H3,(H,32,33). The molecular weight excluding hydrogens is 486 g/mol. The number of carbonyl (C=O) groups is 1. The molecule has 1 aliphatic rings.